The van der Waals surface area contributed by atoms with Crippen molar-refractivity contribution in [2.24, 2.45) is 11.5 Å². The summed E-state index contributed by atoms with van der Waals surface area (Å²) < 4.78 is 0. The number of carbonyl (C=O) groups is 2. The first-order chi connectivity index (χ1) is 6.61. The summed E-state index contributed by atoms with van der Waals surface area (Å²) in [4.78, 5) is 25.6. The number of nitrogens with two attached hydrogens (primary N) is 2. The average Bonchev–Trinajstić information content (AvgIpc) is 2.56. The topological polar surface area (TPSA) is 99.1 Å². The number of hydrogen-bond donors (Lipinski definition) is 2. The minimum atomic E-state index is -0.498. The first kappa shape index (κ1) is 10.6. The van der Waals surface area contributed by atoms with Crippen LogP contribution >= 0.6 is 11.3 Å². The highest BCUT2D eigenvalue weighted by Gasteiger charge is 2.20. The molecule has 0 spiro atoms. The first-order valence-electron chi connectivity index (χ1n) is 4.08. The second kappa shape index (κ2) is 4.71. The molecule has 6 heteroatoms. The van der Waals surface area contributed by atoms with Gasteiger partial charge in [0.1, 0.15) is 5.01 Å². The fourth-order valence-electron chi connectivity index (χ4n) is 1.08. The number of primary amides is 2. The van der Waals surface area contributed by atoms with E-state index >= 15 is 0 Å². The predicted octanol–water partition coefficient (Wildman–Crippen LogP) is -0.0225. The molecule has 0 aromatic carbocycles. The third-order valence-electron chi connectivity index (χ3n) is 1.77. The number of carbonyl (C=O) groups excluding carboxylic acids is 2. The Bertz CT molecular complexity index is 323. The molecule has 4 N–H and O–H groups in total. The second-order valence-corrected chi connectivity index (χ2v) is 3.76. The van der Waals surface area contributed by atoms with Crippen LogP contribution in [0.1, 0.15) is 23.8 Å². The Labute approximate surface area is 85.1 Å². The van der Waals surface area contributed by atoms with Crippen LogP contribution in [-0.2, 0) is 9.59 Å². The fourth-order valence-corrected chi connectivity index (χ4v) is 1.86. The van der Waals surface area contributed by atoms with Gasteiger partial charge < -0.3 is 11.5 Å². The molecule has 0 aliphatic carbocycles. The van der Waals surface area contributed by atoms with Crippen LogP contribution in [0.15, 0.2) is 11.6 Å². The monoisotopic (exact) mass is 213 g/mol. The van der Waals surface area contributed by atoms with Gasteiger partial charge in [-0.05, 0) is 6.42 Å². The van der Waals surface area contributed by atoms with Gasteiger partial charge in [-0.1, -0.05) is 0 Å². The molecule has 0 radical (unpaired) electrons. The Balaban J connectivity index is 2.66. The van der Waals surface area contributed by atoms with Crippen LogP contribution in [0.2, 0.25) is 0 Å². The summed E-state index contributed by atoms with van der Waals surface area (Å²) >= 11 is 1.35. The lowest BCUT2D eigenvalue weighted by Gasteiger charge is -2.08. The van der Waals surface area contributed by atoms with E-state index in [9.17, 15) is 9.59 Å². The number of amides is 2. The van der Waals surface area contributed by atoms with Crippen molar-refractivity contribution < 1.29 is 9.59 Å². The van der Waals surface area contributed by atoms with Gasteiger partial charge in [-0.2, -0.15) is 0 Å². The largest absolute Gasteiger partial charge is 0.370 e. The van der Waals surface area contributed by atoms with Gasteiger partial charge in [-0.3, -0.25) is 9.59 Å². The van der Waals surface area contributed by atoms with Gasteiger partial charge in [0.25, 0.3) is 0 Å². The molecule has 0 aliphatic rings. The number of nitrogens with zero attached hydrogens (tertiary/aromatic N) is 1. The third-order valence-corrected chi connectivity index (χ3v) is 2.66. The molecule has 76 valence electrons. The lowest BCUT2D eigenvalue weighted by molar-refractivity contribution is -0.120. The second-order valence-electron chi connectivity index (χ2n) is 2.83. The summed E-state index contributed by atoms with van der Waals surface area (Å²) in [5.41, 5.74) is 10.2. The van der Waals surface area contributed by atoms with Crippen LogP contribution in [0.4, 0.5) is 0 Å². The normalized spacial score (nSPS) is 12.3. The van der Waals surface area contributed by atoms with E-state index in [4.69, 9.17) is 11.5 Å². The number of hydrogen-bond acceptors (Lipinski definition) is 4. The van der Waals surface area contributed by atoms with Crippen molar-refractivity contribution >= 4 is 23.2 Å². The number of aromatic nitrogens is 1. The Hall–Kier alpha value is -1.43. The minimum Gasteiger partial charge on any atom is -0.370 e. The summed E-state index contributed by atoms with van der Waals surface area (Å²) in [5.74, 6) is -1.41. The fraction of sp³-hybridized carbons (Fsp3) is 0.375. The van der Waals surface area contributed by atoms with E-state index in [2.05, 4.69) is 4.98 Å². The summed E-state index contributed by atoms with van der Waals surface area (Å²) in [7, 11) is 0. The zero-order chi connectivity index (χ0) is 10.6. The van der Waals surface area contributed by atoms with Gasteiger partial charge >= 0.3 is 0 Å². The van der Waals surface area contributed by atoms with Crippen molar-refractivity contribution in [3.05, 3.63) is 16.6 Å². The third kappa shape index (κ3) is 2.81. The highest BCUT2D eigenvalue weighted by Crippen LogP contribution is 2.22. The number of thiazole rings is 1. The van der Waals surface area contributed by atoms with Crippen molar-refractivity contribution in [1.29, 1.82) is 0 Å². The summed E-state index contributed by atoms with van der Waals surface area (Å²) in [6.45, 7) is 0. The van der Waals surface area contributed by atoms with Crippen LogP contribution in [0.25, 0.3) is 0 Å². The standard InChI is InChI=1S/C8H11N3O2S/c9-6(12)2-1-5(7(10)13)8-11-3-4-14-8/h3-5H,1-2H2,(H2,9,12)(H2,10,13). The molecular weight excluding hydrogens is 202 g/mol. The van der Waals surface area contributed by atoms with Gasteiger partial charge in [0.05, 0.1) is 5.92 Å². The molecule has 2 amide bonds. The lowest BCUT2D eigenvalue weighted by atomic mass is 10.0. The smallest absolute Gasteiger partial charge is 0.227 e. The van der Waals surface area contributed by atoms with E-state index in [1.165, 1.54) is 11.3 Å². The van der Waals surface area contributed by atoms with Crippen molar-refractivity contribution in [2.45, 2.75) is 18.8 Å². The highest BCUT2D eigenvalue weighted by molar-refractivity contribution is 7.09. The quantitative estimate of drug-likeness (QED) is 0.718. The summed E-state index contributed by atoms with van der Waals surface area (Å²) in [5, 5.41) is 2.40. The van der Waals surface area contributed by atoms with Gasteiger partial charge in [0.2, 0.25) is 11.8 Å². The molecule has 5 nitrogen and oxygen atoms in total. The van der Waals surface area contributed by atoms with Crippen LogP contribution < -0.4 is 11.5 Å². The minimum absolute atomic E-state index is 0.146. The van der Waals surface area contributed by atoms with Crippen molar-refractivity contribution in [3.8, 4) is 0 Å². The molecule has 1 atom stereocenters. The van der Waals surface area contributed by atoms with Crippen molar-refractivity contribution in [2.75, 3.05) is 0 Å². The van der Waals surface area contributed by atoms with Crippen LogP contribution in [0.3, 0.4) is 0 Å². The Morgan fingerprint density at radius 3 is 2.64 bits per heavy atom. The molecule has 0 bridgehead atoms. The first-order valence-corrected chi connectivity index (χ1v) is 4.96. The molecule has 1 aromatic rings. The van der Waals surface area contributed by atoms with E-state index in [0.717, 1.165) is 0 Å². The molecule has 0 fully saturated rings. The molecule has 1 aromatic heterocycles. The zero-order valence-corrected chi connectivity index (χ0v) is 8.29. The van der Waals surface area contributed by atoms with Gasteiger partial charge in [-0.25, -0.2) is 4.98 Å². The predicted molar refractivity (Wildman–Crippen MR) is 52.5 cm³/mol. The van der Waals surface area contributed by atoms with Gasteiger partial charge in [-0.15, -0.1) is 11.3 Å². The van der Waals surface area contributed by atoms with Crippen LogP contribution in [-0.4, -0.2) is 16.8 Å². The summed E-state index contributed by atoms with van der Waals surface area (Å²) in [6.07, 6.45) is 2.07. The Kier molecular flexibility index (Phi) is 3.58. The summed E-state index contributed by atoms with van der Waals surface area (Å²) in [6, 6.07) is 0. The van der Waals surface area contributed by atoms with Gasteiger partial charge in [0.15, 0.2) is 0 Å². The van der Waals surface area contributed by atoms with E-state index in [0.29, 0.717) is 11.4 Å². The molecule has 1 rings (SSSR count). The Morgan fingerprint density at radius 1 is 1.50 bits per heavy atom. The molecule has 0 saturated heterocycles. The maximum atomic E-state index is 11.0. The van der Waals surface area contributed by atoms with E-state index in [1.54, 1.807) is 11.6 Å². The molecular formula is C8H11N3O2S. The zero-order valence-electron chi connectivity index (χ0n) is 7.47. The van der Waals surface area contributed by atoms with Crippen LogP contribution in [0, 0.1) is 0 Å². The Morgan fingerprint density at radius 2 is 2.21 bits per heavy atom. The average molecular weight is 213 g/mol. The highest BCUT2D eigenvalue weighted by atomic mass is 32.1. The van der Waals surface area contributed by atoms with Gasteiger partial charge in [0, 0.05) is 18.0 Å². The van der Waals surface area contributed by atoms with E-state index in [-0.39, 0.29) is 6.42 Å². The number of rotatable bonds is 5. The molecule has 14 heavy (non-hydrogen) atoms. The van der Waals surface area contributed by atoms with Crippen molar-refractivity contribution in [3.63, 3.8) is 0 Å². The van der Waals surface area contributed by atoms with E-state index in [1.807, 2.05) is 0 Å². The molecule has 0 aliphatic heterocycles. The lowest BCUT2D eigenvalue weighted by Crippen LogP contribution is -2.23. The molecule has 1 heterocycles. The van der Waals surface area contributed by atoms with Crippen LogP contribution in [0.5, 0.6) is 0 Å². The molecule has 1 unspecified atom stereocenters. The van der Waals surface area contributed by atoms with Crippen molar-refractivity contribution in [1.82, 2.24) is 4.98 Å². The maximum absolute atomic E-state index is 11.0. The van der Waals surface area contributed by atoms with E-state index < -0.39 is 17.7 Å². The maximum Gasteiger partial charge on any atom is 0.227 e. The molecule has 0 saturated carbocycles. The SMILES string of the molecule is NC(=O)CCC(C(N)=O)c1nccs1.